The monoisotopic (exact) mass is 279 g/mol. The Morgan fingerprint density at radius 3 is 2.58 bits per heavy atom. The van der Waals surface area contributed by atoms with Gasteiger partial charge in [0.2, 0.25) is 0 Å². The van der Waals surface area contributed by atoms with E-state index in [1.54, 1.807) is 0 Å². The predicted molar refractivity (Wildman–Crippen MR) is 81.4 cm³/mol. The molecule has 1 aromatic carbocycles. The molecule has 3 nitrogen and oxygen atoms in total. The number of guanidine groups is 1. The Balaban J connectivity index is 1.86. The van der Waals surface area contributed by atoms with Crippen molar-refractivity contribution in [1.29, 1.82) is 0 Å². The van der Waals surface area contributed by atoms with Crippen LogP contribution in [0.5, 0.6) is 0 Å². The Labute approximate surface area is 120 Å². The van der Waals surface area contributed by atoms with Crippen LogP contribution < -0.4 is 11.1 Å². The number of hydrogen-bond acceptors (Lipinski definition) is 1. The first-order chi connectivity index (χ1) is 9.25. The molecule has 0 bridgehead atoms. The maximum Gasteiger partial charge on any atom is 0.189 e. The van der Waals surface area contributed by atoms with Crippen molar-refractivity contribution in [1.82, 2.24) is 5.32 Å². The average Bonchev–Trinajstić information content (AvgIpc) is 2.66. The van der Waals surface area contributed by atoms with Gasteiger partial charge in [-0.2, -0.15) is 0 Å². The molecule has 4 heteroatoms. The second-order valence-corrected chi connectivity index (χ2v) is 5.53. The summed E-state index contributed by atoms with van der Waals surface area (Å²) < 4.78 is 0. The summed E-state index contributed by atoms with van der Waals surface area (Å²) in [5.74, 6) is 0.534. The highest BCUT2D eigenvalue weighted by Crippen LogP contribution is 2.17. The Morgan fingerprint density at radius 1 is 1.21 bits per heavy atom. The summed E-state index contributed by atoms with van der Waals surface area (Å²) in [5.41, 5.74) is 6.96. The summed E-state index contributed by atoms with van der Waals surface area (Å²) in [6.45, 7) is 0.533. The van der Waals surface area contributed by atoms with Crippen LogP contribution in [0.3, 0.4) is 0 Å². The van der Waals surface area contributed by atoms with Crippen molar-refractivity contribution >= 4 is 17.6 Å². The summed E-state index contributed by atoms with van der Waals surface area (Å²) in [5, 5.41) is 4.08. The van der Waals surface area contributed by atoms with E-state index in [9.17, 15) is 0 Å². The number of nitrogens with zero attached hydrogens (tertiary/aromatic N) is 1. The van der Waals surface area contributed by atoms with Crippen LogP contribution in [0.1, 0.15) is 44.1 Å². The lowest BCUT2D eigenvalue weighted by Crippen LogP contribution is -2.39. The predicted octanol–water partition coefficient (Wildman–Crippen LogP) is 3.47. The fraction of sp³-hybridized carbons (Fsp3) is 0.533. The van der Waals surface area contributed by atoms with Gasteiger partial charge in [-0.15, -0.1) is 0 Å². The summed E-state index contributed by atoms with van der Waals surface area (Å²) in [4.78, 5) is 4.38. The van der Waals surface area contributed by atoms with E-state index >= 15 is 0 Å². The molecule has 1 saturated carbocycles. The molecule has 1 aliphatic rings. The van der Waals surface area contributed by atoms with Gasteiger partial charge >= 0.3 is 0 Å². The van der Waals surface area contributed by atoms with Crippen molar-refractivity contribution in [2.24, 2.45) is 10.7 Å². The summed E-state index contributed by atoms with van der Waals surface area (Å²) >= 11 is 6.09. The quantitative estimate of drug-likeness (QED) is 0.506. The molecule has 1 fully saturated rings. The molecule has 2 rings (SSSR count). The van der Waals surface area contributed by atoms with Crippen LogP contribution in [0.25, 0.3) is 0 Å². The van der Waals surface area contributed by atoms with E-state index in [0.29, 0.717) is 18.5 Å². The van der Waals surface area contributed by atoms with Gasteiger partial charge in [0.15, 0.2) is 5.96 Å². The average molecular weight is 280 g/mol. The summed E-state index contributed by atoms with van der Waals surface area (Å²) in [7, 11) is 0. The van der Waals surface area contributed by atoms with Crippen molar-refractivity contribution in [2.45, 2.75) is 51.1 Å². The fourth-order valence-corrected chi connectivity index (χ4v) is 2.67. The molecule has 0 radical (unpaired) electrons. The Bertz CT molecular complexity index is 423. The fourth-order valence-electron chi connectivity index (χ4n) is 2.48. The number of benzene rings is 1. The van der Waals surface area contributed by atoms with Crippen LogP contribution in [0.4, 0.5) is 0 Å². The Morgan fingerprint density at radius 2 is 1.89 bits per heavy atom. The molecule has 0 atom stereocenters. The number of rotatable bonds is 3. The summed E-state index contributed by atoms with van der Waals surface area (Å²) in [6, 6.07) is 8.22. The molecule has 1 aliphatic carbocycles. The number of hydrogen-bond donors (Lipinski definition) is 2. The van der Waals surface area contributed by atoms with Crippen LogP contribution >= 0.6 is 11.6 Å². The molecular weight excluding hydrogens is 258 g/mol. The number of halogens is 1. The zero-order valence-electron chi connectivity index (χ0n) is 11.2. The lowest BCUT2D eigenvalue weighted by molar-refractivity contribution is 0.530. The second-order valence-electron chi connectivity index (χ2n) is 5.13. The molecule has 0 saturated heterocycles. The topological polar surface area (TPSA) is 50.4 Å². The molecule has 19 heavy (non-hydrogen) atoms. The van der Waals surface area contributed by atoms with Crippen LogP contribution in [-0.2, 0) is 6.54 Å². The van der Waals surface area contributed by atoms with Crippen LogP contribution in [0.2, 0.25) is 5.02 Å². The van der Waals surface area contributed by atoms with E-state index in [-0.39, 0.29) is 0 Å². The van der Waals surface area contributed by atoms with E-state index < -0.39 is 0 Å². The van der Waals surface area contributed by atoms with E-state index in [0.717, 1.165) is 10.6 Å². The zero-order valence-corrected chi connectivity index (χ0v) is 12.0. The van der Waals surface area contributed by atoms with Gasteiger partial charge in [0.1, 0.15) is 0 Å². The van der Waals surface area contributed by atoms with Crippen molar-refractivity contribution in [3.8, 4) is 0 Å². The van der Waals surface area contributed by atoms with Gasteiger partial charge in [0, 0.05) is 11.1 Å². The molecule has 0 amide bonds. The van der Waals surface area contributed by atoms with Crippen molar-refractivity contribution in [3.05, 3.63) is 34.9 Å². The normalized spacial score (nSPS) is 18.1. The molecule has 0 heterocycles. The zero-order chi connectivity index (χ0) is 13.5. The molecule has 0 aliphatic heterocycles. The smallest absolute Gasteiger partial charge is 0.189 e. The highest BCUT2D eigenvalue weighted by atomic mass is 35.5. The highest BCUT2D eigenvalue weighted by molar-refractivity contribution is 6.31. The van der Waals surface area contributed by atoms with Crippen molar-refractivity contribution in [3.63, 3.8) is 0 Å². The number of nitrogens with two attached hydrogens (primary N) is 1. The van der Waals surface area contributed by atoms with Gasteiger partial charge in [-0.1, -0.05) is 55.5 Å². The van der Waals surface area contributed by atoms with Crippen LogP contribution in [-0.4, -0.2) is 12.0 Å². The highest BCUT2D eigenvalue weighted by Gasteiger charge is 2.12. The molecule has 3 N–H and O–H groups in total. The number of nitrogens with one attached hydrogen (secondary N) is 1. The van der Waals surface area contributed by atoms with Gasteiger partial charge in [0.05, 0.1) is 6.54 Å². The van der Waals surface area contributed by atoms with Gasteiger partial charge in [0.25, 0.3) is 0 Å². The molecule has 0 spiro atoms. The molecule has 104 valence electrons. The molecule has 1 aromatic rings. The lowest BCUT2D eigenvalue weighted by Gasteiger charge is -2.16. The third-order valence-corrected chi connectivity index (χ3v) is 3.95. The maximum absolute atomic E-state index is 6.09. The second kappa shape index (κ2) is 7.39. The largest absolute Gasteiger partial charge is 0.370 e. The van der Waals surface area contributed by atoms with Gasteiger partial charge in [-0.05, 0) is 24.5 Å². The van der Waals surface area contributed by atoms with E-state index in [1.807, 2.05) is 24.3 Å². The molecule has 0 aromatic heterocycles. The Hall–Kier alpha value is -1.22. The third-order valence-electron chi connectivity index (χ3n) is 3.58. The van der Waals surface area contributed by atoms with E-state index in [1.165, 1.54) is 38.5 Å². The molecular formula is C15H22ClN3. The summed E-state index contributed by atoms with van der Waals surface area (Å²) in [6.07, 6.45) is 7.65. The number of aliphatic imine (C=N–C) groups is 1. The minimum absolute atomic E-state index is 0.484. The first-order valence-corrected chi connectivity index (χ1v) is 7.43. The van der Waals surface area contributed by atoms with Gasteiger partial charge in [-0.25, -0.2) is 4.99 Å². The van der Waals surface area contributed by atoms with Crippen molar-refractivity contribution < 1.29 is 0 Å². The Kier molecular flexibility index (Phi) is 5.52. The molecule has 0 unspecified atom stereocenters. The minimum Gasteiger partial charge on any atom is -0.370 e. The first kappa shape index (κ1) is 14.2. The van der Waals surface area contributed by atoms with Crippen molar-refractivity contribution in [2.75, 3.05) is 0 Å². The SMILES string of the molecule is NC(=NCc1ccccc1Cl)NC1CCCCCC1. The minimum atomic E-state index is 0.484. The van der Waals surface area contributed by atoms with Crippen LogP contribution in [0, 0.1) is 0 Å². The lowest BCUT2D eigenvalue weighted by atomic mass is 10.1. The van der Waals surface area contributed by atoms with Crippen LogP contribution in [0.15, 0.2) is 29.3 Å². The van der Waals surface area contributed by atoms with Gasteiger partial charge < -0.3 is 11.1 Å². The standard InChI is InChI=1S/C15H22ClN3/c16-14-10-6-5-7-12(14)11-18-15(17)19-13-8-3-1-2-4-9-13/h5-7,10,13H,1-4,8-9,11H2,(H3,17,18,19). The van der Waals surface area contributed by atoms with E-state index in [4.69, 9.17) is 17.3 Å². The third kappa shape index (κ3) is 4.75. The first-order valence-electron chi connectivity index (χ1n) is 7.05. The maximum atomic E-state index is 6.09. The van der Waals surface area contributed by atoms with E-state index in [2.05, 4.69) is 10.3 Å². The van der Waals surface area contributed by atoms with Gasteiger partial charge in [-0.3, -0.25) is 0 Å².